The van der Waals surface area contributed by atoms with Crippen LogP contribution < -0.4 is 5.73 Å². The molecule has 1 aliphatic rings. The van der Waals surface area contributed by atoms with Crippen molar-refractivity contribution >= 4 is 26.0 Å². The Kier molecular flexibility index (Phi) is 4.89. The highest BCUT2D eigenvalue weighted by Crippen LogP contribution is 2.31. The molecule has 1 aliphatic heterocycles. The van der Waals surface area contributed by atoms with Crippen LogP contribution in [0.5, 0.6) is 0 Å². The van der Waals surface area contributed by atoms with Crippen molar-refractivity contribution in [3.8, 4) is 0 Å². The van der Waals surface area contributed by atoms with Gasteiger partial charge in [-0.05, 0) is 59.3 Å². The van der Waals surface area contributed by atoms with Crippen molar-refractivity contribution in [1.82, 2.24) is 4.31 Å². The van der Waals surface area contributed by atoms with Crippen LogP contribution in [0.15, 0.2) is 27.6 Å². The summed E-state index contributed by atoms with van der Waals surface area (Å²) in [7, 11) is -3.48. The number of halogens is 1. The molecule has 2 atom stereocenters. The number of sulfonamides is 1. The predicted molar refractivity (Wildman–Crippen MR) is 83.8 cm³/mol. The number of piperidine rings is 1. The van der Waals surface area contributed by atoms with Crippen LogP contribution in [0, 0.1) is 5.92 Å². The van der Waals surface area contributed by atoms with E-state index in [4.69, 9.17) is 5.73 Å². The van der Waals surface area contributed by atoms with Crippen LogP contribution in [0.2, 0.25) is 0 Å². The third-order valence-corrected chi connectivity index (χ3v) is 6.85. The van der Waals surface area contributed by atoms with Crippen molar-refractivity contribution < 1.29 is 8.42 Å². The maximum atomic E-state index is 12.9. The Morgan fingerprint density at radius 3 is 2.70 bits per heavy atom. The Labute approximate surface area is 129 Å². The molecule has 0 radical (unpaired) electrons. The SMILES string of the molecule is CC1CCC(C)N(S(=O)(=O)c2cc(CN)ccc2Br)C1. The quantitative estimate of drug-likeness (QED) is 0.900. The van der Waals surface area contributed by atoms with Crippen LogP contribution in [-0.2, 0) is 16.6 Å². The van der Waals surface area contributed by atoms with E-state index in [9.17, 15) is 8.42 Å². The normalized spacial score (nSPS) is 24.8. The zero-order chi connectivity index (χ0) is 14.9. The van der Waals surface area contributed by atoms with Crippen LogP contribution in [0.4, 0.5) is 0 Å². The number of nitrogens with two attached hydrogens (primary N) is 1. The molecule has 1 fully saturated rings. The molecule has 0 saturated carbocycles. The van der Waals surface area contributed by atoms with Crippen molar-refractivity contribution in [2.24, 2.45) is 11.7 Å². The smallest absolute Gasteiger partial charge is 0.244 e. The minimum Gasteiger partial charge on any atom is -0.326 e. The van der Waals surface area contributed by atoms with E-state index < -0.39 is 10.0 Å². The van der Waals surface area contributed by atoms with Gasteiger partial charge in [-0.15, -0.1) is 0 Å². The molecule has 1 heterocycles. The Balaban J connectivity index is 2.43. The highest BCUT2D eigenvalue weighted by atomic mass is 79.9. The fourth-order valence-electron chi connectivity index (χ4n) is 2.58. The van der Waals surface area contributed by atoms with Gasteiger partial charge in [-0.2, -0.15) is 4.31 Å². The molecule has 4 nitrogen and oxygen atoms in total. The second kappa shape index (κ2) is 6.13. The van der Waals surface area contributed by atoms with Gasteiger partial charge in [0.1, 0.15) is 0 Å². The average Bonchev–Trinajstić information content (AvgIpc) is 2.41. The van der Waals surface area contributed by atoms with Gasteiger partial charge in [0.2, 0.25) is 10.0 Å². The molecule has 0 spiro atoms. The summed E-state index contributed by atoms with van der Waals surface area (Å²) in [4.78, 5) is 0.321. The zero-order valence-corrected chi connectivity index (χ0v) is 14.2. The second-order valence-electron chi connectivity index (χ2n) is 5.58. The van der Waals surface area contributed by atoms with E-state index >= 15 is 0 Å². The monoisotopic (exact) mass is 360 g/mol. The van der Waals surface area contributed by atoms with Gasteiger partial charge in [0.05, 0.1) is 4.90 Å². The molecule has 0 bridgehead atoms. The molecule has 1 aromatic rings. The van der Waals surface area contributed by atoms with Gasteiger partial charge < -0.3 is 5.73 Å². The largest absolute Gasteiger partial charge is 0.326 e. The van der Waals surface area contributed by atoms with Gasteiger partial charge in [0, 0.05) is 23.6 Å². The van der Waals surface area contributed by atoms with E-state index in [1.165, 1.54) is 0 Å². The summed E-state index contributed by atoms with van der Waals surface area (Å²) in [5.74, 6) is 0.400. The summed E-state index contributed by atoms with van der Waals surface area (Å²) in [5, 5.41) is 0. The van der Waals surface area contributed by atoms with Crippen LogP contribution in [0.3, 0.4) is 0 Å². The predicted octanol–water partition coefficient (Wildman–Crippen LogP) is 2.72. The number of hydrogen-bond donors (Lipinski definition) is 1. The summed E-state index contributed by atoms with van der Waals surface area (Å²) in [5.41, 5.74) is 6.44. The zero-order valence-electron chi connectivity index (χ0n) is 11.8. The first-order chi connectivity index (χ1) is 9.36. The Bertz CT molecular complexity index is 589. The number of rotatable bonds is 3. The first-order valence-corrected chi connectivity index (χ1v) is 9.10. The van der Waals surface area contributed by atoms with E-state index in [0.717, 1.165) is 18.4 Å². The Morgan fingerprint density at radius 1 is 1.35 bits per heavy atom. The first-order valence-electron chi connectivity index (χ1n) is 6.86. The number of hydrogen-bond acceptors (Lipinski definition) is 3. The van der Waals surface area contributed by atoms with Crippen LogP contribution >= 0.6 is 15.9 Å². The lowest BCUT2D eigenvalue weighted by Gasteiger charge is -2.35. The third kappa shape index (κ3) is 3.08. The molecule has 2 N–H and O–H groups in total. The molecule has 0 amide bonds. The highest BCUT2D eigenvalue weighted by Gasteiger charge is 2.34. The van der Waals surface area contributed by atoms with Gasteiger partial charge >= 0.3 is 0 Å². The Morgan fingerprint density at radius 2 is 2.05 bits per heavy atom. The summed E-state index contributed by atoms with van der Waals surface area (Å²) < 4.78 is 28.0. The van der Waals surface area contributed by atoms with Gasteiger partial charge in [0.15, 0.2) is 0 Å². The van der Waals surface area contributed by atoms with Crippen molar-refractivity contribution in [2.45, 2.75) is 44.2 Å². The lowest BCUT2D eigenvalue weighted by atomic mass is 9.97. The molecule has 0 aromatic heterocycles. The van der Waals surface area contributed by atoms with E-state index in [2.05, 4.69) is 22.9 Å². The highest BCUT2D eigenvalue weighted by molar-refractivity contribution is 9.10. The van der Waals surface area contributed by atoms with Gasteiger partial charge in [-0.1, -0.05) is 13.0 Å². The third-order valence-electron chi connectivity index (χ3n) is 3.88. The van der Waals surface area contributed by atoms with Gasteiger partial charge in [-0.25, -0.2) is 8.42 Å². The molecular weight excluding hydrogens is 340 g/mol. The molecule has 1 saturated heterocycles. The molecule has 112 valence electrons. The fourth-order valence-corrected chi connectivity index (χ4v) is 5.34. The summed E-state index contributed by atoms with van der Waals surface area (Å²) in [6.45, 7) is 4.99. The number of benzene rings is 1. The Hall–Kier alpha value is -0.430. The van der Waals surface area contributed by atoms with E-state index in [0.29, 0.717) is 28.4 Å². The first kappa shape index (κ1) is 15.9. The summed E-state index contributed by atoms with van der Waals surface area (Å²) in [6, 6.07) is 5.31. The standard InChI is InChI=1S/C14H21BrN2O2S/c1-10-3-4-11(2)17(9-10)20(18,19)14-7-12(8-16)5-6-13(14)15/h5-7,10-11H,3-4,8-9,16H2,1-2H3. The average molecular weight is 361 g/mol. The molecule has 2 unspecified atom stereocenters. The maximum absolute atomic E-state index is 12.9. The van der Waals surface area contributed by atoms with Crippen molar-refractivity contribution in [3.05, 3.63) is 28.2 Å². The minimum absolute atomic E-state index is 0.0460. The van der Waals surface area contributed by atoms with Gasteiger partial charge in [-0.3, -0.25) is 0 Å². The molecule has 20 heavy (non-hydrogen) atoms. The lowest BCUT2D eigenvalue weighted by molar-refractivity contribution is 0.218. The van der Waals surface area contributed by atoms with Crippen molar-refractivity contribution in [2.75, 3.05) is 6.54 Å². The van der Waals surface area contributed by atoms with E-state index in [-0.39, 0.29) is 6.04 Å². The molecule has 0 aliphatic carbocycles. The van der Waals surface area contributed by atoms with Crippen LogP contribution in [-0.4, -0.2) is 25.3 Å². The summed E-state index contributed by atoms with van der Waals surface area (Å²) >= 11 is 3.35. The fraction of sp³-hybridized carbons (Fsp3) is 0.571. The molecular formula is C14H21BrN2O2S. The van der Waals surface area contributed by atoms with E-state index in [1.54, 1.807) is 16.4 Å². The molecule has 6 heteroatoms. The van der Waals surface area contributed by atoms with Crippen LogP contribution in [0.1, 0.15) is 32.3 Å². The maximum Gasteiger partial charge on any atom is 0.244 e. The lowest BCUT2D eigenvalue weighted by Crippen LogP contribution is -2.44. The number of nitrogens with zero attached hydrogens (tertiary/aromatic N) is 1. The van der Waals surface area contributed by atoms with Crippen molar-refractivity contribution in [3.63, 3.8) is 0 Å². The van der Waals surface area contributed by atoms with Gasteiger partial charge in [0.25, 0.3) is 0 Å². The molecule has 1 aromatic carbocycles. The summed E-state index contributed by atoms with van der Waals surface area (Å²) in [6.07, 6.45) is 1.99. The second-order valence-corrected chi connectivity index (χ2v) is 8.29. The minimum atomic E-state index is -3.48. The molecule has 2 rings (SSSR count). The van der Waals surface area contributed by atoms with Crippen LogP contribution in [0.25, 0.3) is 0 Å². The topological polar surface area (TPSA) is 63.4 Å². The van der Waals surface area contributed by atoms with Crippen molar-refractivity contribution in [1.29, 1.82) is 0 Å². The van der Waals surface area contributed by atoms with E-state index in [1.807, 2.05) is 13.0 Å².